The molecule has 1 heterocycles. The number of carbonyl (C=O) groups is 1. The molecule has 1 aliphatic rings. The van der Waals surface area contributed by atoms with Crippen LogP contribution >= 0.6 is 0 Å². The first-order valence-electron chi connectivity index (χ1n) is 10.7. The van der Waals surface area contributed by atoms with Crippen LogP contribution < -0.4 is 5.73 Å². The van der Waals surface area contributed by atoms with Crippen LogP contribution in [0.15, 0.2) is 65.6 Å². The minimum Gasteiger partial charge on any atom is -0.445 e. The molecule has 0 aromatic heterocycles. The third-order valence-electron chi connectivity index (χ3n) is 5.64. The number of rotatable bonds is 8. The molecular formula is C23H31N3O4S. The Kier molecular flexibility index (Phi) is 8.06. The summed E-state index contributed by atoms with van der Waals surface area (Å²) in [6, 6.07) is 17.6. The summed E-state index contributed by atoms with van der Waals surface area (Å²) >= 11 is 0. The molecule has 0 spiro atoms. The van der Waals surface area contributed by atoms with Crippen LogP contribution in [0, 0.1) is 0 Å². The number of carbonyl (C=O) groups excluding carboxylic acids is 1. The van der Waals surface area contributed by atoms with Crippen molar-refractivity contribution < 1.29 is 17.9 Å². The van der Waals surface area contributed by atoms with E-state index >= 15 is 0 Å². The van der Waals surface area contributed by atoms with Crippen molar-refractivity contribution in [2.75, 3.05) is 19.6 Å². The van der Waals surface area contributed by atoms with Crippen molar-refractivity contribution in [3.05, 3.63) is 66.2 Å². The van der Waals surface area contributed by atoms with E-state index in [9.17, 15) is 13.2 Å². The summed E-state index contributed by atoms with van der Waals surface area (Å²) < 4.78 is 33.5. The Balaban J connectivity index is 1.71. The Hall–Kier alpha value is -2.42. The molecule has 1 saturated heterocycles. The maximum Gasteiger partial charge on any atom is 0.410 e. The molecule has 8 heteroatoms. The number of piperazine rings is 1. The van der Waals surface area contributed by atoms with Gasteiger partial charge in [0.2, 0.25) is 10.0 Å². The zero-order valence-electron chi connectivity index (χ0n) is 17.9. The fourth-order valence-electron chi connectivity index (χ4n) is 3.71. The number of ether oxygens (including phenoxy) is 1. The van der Waals surface area contributed by atoms with E-state index in [1.165, 1.54) is 4.31 Å². The lowest BCUT2D eigenvalue weighted by molar-refractivity contribution is 0.0682. The fourth-order valence-corrected chi connectivity index (χ4v) is 5.36. The minimum atomic E-state index is -3.66. The molecule has 2 aromatic rings. The maximum atomic E-state index is 13.3. The van der Waals surface area contributed by atoms with Crippen molar-refractivity contribution in [3.63, 3.8) is 0 Å². The standard InChI is InChI=1S/C23H31N3O4S/c1-2-20(24)13-14-21-17-25(23(27)30-18-19-9-5-3-6-10-19)15-16-26(21)31(28,29)22-11-7-4-8-12-22/h3-12,20-21H,2,13-18,24H2,1H3. The number of benzene rings is 2. The Labute approximate surface area is 184 Å². The molecule has 1 amide bonds. The van der Waals surface area contributed by atoms with Crippen molar-refractivity contribution >= 4 is 16.1 Å². The predicted molar refractivity (Wildman–Crippen MR) is 120 cm³/mol. The predicted octanol–water partition coefficient (Wildman–Crippen LogP) is 3.22. The van der Waals surface area contributed by atoms with Crippen molar-refractivity contribution in [3.8, 4) is 0 Å². The molecule has 3 rings (SSSR count). The second-order valence-electron chi connectivity index (χ2n) is 7.81. The molecule has 2 unspecified atom stereocenters. The summed E-state index contributed by atoms with van der Waals surface area (Å²) in [5, 5.41) is 0. The van der Waals surface area contributed by atoms with Gasteiger partial charge in [0.15, 0.2) is 0 Å². The molecule has 0 radical (unpaired) electrons. The van der Waals surface area contributed by atoms with E-state index in [1.807, 2.05) is 37.3 Å². The van der Waals surface area contributed by atoms with Crippen LogP contribution in [0.1, 0.15) is 31.7 Å². The highest BCUT2D eigenvalue weighted by Crippen LogP contribution is 2.25. The first-order chi connectivity index (χ1) is 14.9. The minimum absolute atomic E-state index is 0.00156. The number of hydrogen-bond acceptors (Lipinski definition) is 5. The monoisotopic (exact) mass is 445 g/mol. The number of nitrogens with zero attached hydrogens (tertiary/aromatic N) is 2. The van der Waals surface area contributed by atoms with Crippen LogP contribution in [0.2, 0.25) is 0 Å². The van der Waals surface area contributed by atoms with E-state index in [-0.39, 0.29) is 43.2 Å². The summed E-state index contributed by atoms with van der Waals surface area (Å²) in [5.74, 6) is 0. The molecule has 1 aliphatic heterocycles. The van der Waals surface area contributed by atoms with Crippen LogP contribution in [-0.4, -0.2) is 55.4 Å². The number of sulfonamides is 1. The van der Waals surface area contributed by atoms with Gasteiger partial charge in [-0.05, 0) is 37.0 Å². The lowest BCUT2D eigenvalue weighted by Gasteiger charge is -2.40. The van der Waals surface area contributed by atoms with Crippen LogP contribution in [0.4, 0.5) is 4.79 Å². The molecule has 168 valence electrons. The van der Waals surface area contributed by atoms with E-state index in [0.29, 0.717) is 12.8 Å². The molecule has 0 bridgehead atoms. The molecule has 2 atom stereocenters. The molecule has 0 saturated carbocycles. The molecular weight excluding hydrogens is 414 g/mol. The number of nitrogens with two attached hydrogens (primary N) is 1. The Morgan fingerprint density at radius 2 is 1.74 bits per heavy atom. The van der Waals surface area contributed by atoms with Gasteiger partial charge in [-0.25, -0.2) is 13.2 Å². The van der Waals surface area contributed by atoms with Gasteiger partial charge in [-0.3, -0.25) is 0 Å². The molecule has 7 nitrogen and oxygen atoms in total. The average molecular weight is 446 g/mol. The van der Waals surface area contributed by atoms with Crippen molar-refractivity contribution in [2.45, 2.75) is 49.8 Å². The smallest absolute Gasteiger partial charge is 0.410 e. The van der Waals surface area contributed by atoms with Gasteiger partial charge in [-0.15, -0.1) is 0 Å². The largest absolute Gasteiger partial charge is 0.445 e. The fraction of sp³-hybridized carbons (Fsp3) is 0.435. The van der Waals surface area contributed by atoms with Gasteiger partial charge < -0.3 is 15.4 Å². The van der Waals surface area contributed by atoms with E-state index in [2.05, 4.69) is 0 Å². The number of hydrogen-bond donors (Lipinski definition) is 1. The van der Waals surface area contributed by atoms with Crippen LogP contribution in [0.5, 0.6) is 0 Å². The van der Waals surface area contributed by atoms with E-state index in [0.717, 1.165) is 12.0 Å². The average Bonchev–Trinajstić information content (AvgIpc) is 2.81. The molecule has 2 N–H and O–H groups in total. The van der Waals surface area contributed by atoms with Crippen molar-refractivity contribution in [2.24, 2.45) is 5.73 Å². The third kappa shape index (κ3) is 6.06. The van der Waals surface area contributed by atoms with E-state index < -0.39 is 16.1 Å². The maximum absolute atomic E-state index is 13.3. The van der Waals surface area contributed by atoms with Crippen LogP contribution in [0.25, 0.3) is 0 Å². The summed E-state index contributed by atoms with van der Waals surface area (Å²) in [6.07, 6.45) is 1.67. The van der Waals surface area contributed by atoms with Gasteiger partial charge in [0.25, 0.3) is 0 Å². The van der Waals surface area contributed by atoms with Crippen LogP contribution in [-0.2, 0) is 21.4 Å². The van der Waals surface area contributed by atoms with Gasteiger partial charge in [-0.2, -0.15) is 4.31 Å². The zero-order valence-corrected chi connectivity index (χ0v) is 18.7. The Morgan fingerprint density at radius 3 is 2.39 bits per heavy atom. The summed E-state index contributed by atoms with van der Waals surface area (Å²) in [7, 11) is -3.66. The highest BCUT2D eigenvalue weighted by molar-refractivity contribution is 7.89. The lowest BCUT2D eigenvalue weighted by atomic mass is 10.0. The number of amides is 1. The second-order valence-corrected chi connectivity index (χ2v) is 9.71. The summed E-state index contributed by atoms with van der Waals surface area (Å²) in [5.41, 5.74) is 7.00. The first kappa shape index (κ1) is 23.2. The Morgan fingerprint density at radius 1 is 1.10 bits per heavy atom. The summed E-state index contributed by atoms with van der Waals surface area (Å²) in [4.78, 5) is 14.5. The van der Waals surface area contributed by atoms with Crippen LogP contribution in [0.3, 0.4) is 0 Å². The normalized spacial score (nSPS) is 18.5. The zero-order chi connectivity index (χ0) is 22.3. The van der Waals surface area contributed by atoms with Gasteiger partial charge in [-0.1, -0.05) is 55.5 Å². The molecule has 1 fully saturated rings. The lowest BCUT2D eigenvalue weighted by Crippen LogP contribution is -2.56. The van der Waals surface area contributed by atoms with E-state index in [1.54, 1.807) is 35.2 Å². The molecule has 0 aliphatic carbocycles. The second kappa shape index (κ2) is 10.7. The van der Waals surface area contributed by atoms with Gasteiger partial charge >= 0.3 is 6.09 Å². The molecule has 31 heavy (non-hydrogen) atoms. The van der Waals surface area contributed by atoms with Crippen molar-refractivity contribution in [1.82, 2.24) is 9.21 Å². The molecule has 2 aromatic carbocycles. The third-order valence-corrected chi connectivity index (χ3v) is 7.60. The summed E-state index contributed by atoms with van der Waals surface area (Å²) in [6.45, 7) is 3.00. The quantitative estimate of drug-likeness (QED) is 0.673. The van der Waals surface area contributed by atoms with Gasteiger partial charge in [0.05, 0.1) is 4.90 Å². The van der Waals surface area contributed by atoms with Crippen molar-refractivity contribution in [1.29, 1.82) is 0 Å². The highest BCUT2D eigenvalue weighted by atomic mass is 32.2. The van der Waals surface area contributed by atoms with E-state index in [4.69, 9.17) is 10.5 Å². The first-order valence-corrected chi connectivity index (χ1v) is 12.1. The topological polar surface area (TPSA) is 92.9 Å². The Bertz CT molecular complexity index is 938. The van der Waals surface area contributed by atoms with Gasteiger partial charge in [0, 0.05) is 31.7 Å². The SMILES string of the molecule is CCC(N)CCC1CN(C(=O)OCc2ccccc2)CCN1S(=O)(=O)c1ccccc1. The van der Waals surface area contributed by atoms with Gasteiger partial charge in [0.1, 0.15) is 6.61 Å². The highest BCUT2D eigenvalue weighted by Gasteiger charge is 2.37.